The van der Waals surface area contributed by atoms with Gasteiger partial charge >= 0.3 is 0 Å². The van der Waals surface area contributed by atoms with Gasteiger partial charge in [-0.15, -0.1) is 0 Å². The Balaban J connectivity index is 2.14. The number of fused-ring (bicyclic) bond motifs is 1. The number of likely N-dealkylation sites (N-methyl/N-ethyl adjacent to an activating group) is 1. The van der Waals surface area contributed by atoms with Crippen LogP contribution in [0.4, 0.5) is 4.39 Å². The molecule has 0 spiro atoms. The Morgan fingerprint density at radius 1 is 0.932 bits per heavy atom. The number of hydrogen-bond donors (Lipinski definition) is 1. The molecule has 0 fully saturated rings. The zero-order valence-electron chi connectivity index (χ0n) is 26.8. The first-order valence-electron chi connectivity index (χ1n) is 15.8. The Hall–Kier alpha value is -4.13. The van der Waals surface area contributed by atoms with Crippen molar-refractivity contribution in [2.75, 3.05) is 20.7 Å². The van der Waals surface area contributed by atoms with Crippen LogP contribution in [0.2, 0.25) is 0 Å². The van der Waals surface area contributed by atoms with E-state index in [4.69, 9.17) is 4.74 Å². The molecule has 0 saturated carbocycles. The molecule has 4 rings (SSSR count). The normalized spacial score (nSPS) is 12.6. The molecule has 0 bridgehead atoms. The van der Waals surface area contributed by atoms with E-state index in [1.165, 1.54) is 19.1 Å². The van der Waals surface area contributed by atoms with Gasteiger partial charge in [-0.05, 0) is 66.4 Å². The highest BCUT2D eigenvalue weighted by Gasteiger charge is 2.46. The number of rotatable bonds is 15. The van der Waals surface area contributed by atoms with E-state index in [1.54, 1.807) is 24.1 Å². The molecule has 1 atom stereocenters. The van der Waals surface area contributed by atoms with Gasteiger partial charge in [0.05, 0.1) is 12.8 Å². The number of methoxy groups -OCH3 is 1. The molecule has 0 aliphatic heterocycles. The standard InChI is InChI=1S/C37H46FN3O3/c1-6-8-10-14-23-37(39-27(3)42,36(43)40(4)24-9-7-2)34-32-25-31(44-5)21-22-33(32)41(26-28-15-12-11-13-16-28)35(34)29-17-19-30(38)20-18-29/h11-13,15-22,25H,6-10,14,23-24,26H2,1-5H3,(H,39,42). The first kappa shape index (κ1) is 32.8. The van der Waals surface area contributed by atoms with Crippen LogP contribution in [-0.4, -0.2) is 42.0 Å². The van der Waals surface area contributed by atoms with Crippen LogP contribution >= 0.6 is 0 Å². The first-order valence-corrected chi connectivity index (χ1v) is 15.8. The lowest BCUT2D eigenvalue weighted by molar-refractivity contribution is -0.141. The summed E-state index contributed by atoms with van der Waals surface area (Å²) in [6.45, 7) is 6.81. The van der Waals surface area contributed by atoms with Gasteiger partial charge in [-0.1, -0.05) is 76.3 Å². The minimum atomic E-state index is -1.36. The zero-order chi connectivity index (χ0) is 31.7. The minimum absolute atomic E-state index is 0.150. The Labute approximate surface area is 261 Å². The molecule has 2 amide bonds. The number of aromatic nitrogens is 1. The monoisotopic (exact) mass is 599 g/mol. The van der Waals surface area contributed by atoms with Crippen molar-refractivity contribution in [1.82, 2.24) is 14.8 Å². The van der Waals surface area contributed by atoms with E-state index in [9.17, 15) is 14.0 Å². The molecule has 0 aliphatic rings. The van der Waals surface area contributed by atoms with E-state index in [-0.39, 0.29) is 17.6 Å². The molecule has 3 aromatic carbocycles. The average molecular weight is 600 g/mol. The predicted molar refractivity (Wildman–Crippen MR) is 176 cm³/mol. The topological polar surface area (TPSA) is 63.6 Å². The number of halogens is 1. The Morgan fingerprint density at radius 2 is 1.64 bits per heavy atom. The van der Waals surface area contributed by atoms with Crippen LogP contribution in [-0.2, 0) is 21.7 Å². The largest absolute Gasteiger partial charge is 0.497 e. The van der Waals surface area contributed by atoms with E-state index in [1.807, 2.05) is 43.4 Å². The second-order valence-corrected chi connectivity index (χ2v) is 11.7. The average Bonchev–Trinajstić information content (AvgIpc) is 3.34. The van der Waals surface area contributed by atoms with Crippen LogP contribution in [0.15, 0.2) is 72.8 Å². The summed E-state index contributed by atoms with van der Waals surface area (Å²) in [4.78, 5) is 29.8. The zero-order valence-corrected chi connectivity index (χ0v) is 26.8. The van der Waals surface area contributed by atoms with Crippen LogP contribution in [0.1, 0.15) is 76.8 Å². The number of unbranched alkanes of at least 4 members (excludes halogenated alkanes) is 4. The fourth-order valence-corrected chi connectivity index (χ4v) is 6.19. The molecule has 4 aromatic rings. The van der Waals surface area contributed by atoms with Crippen LogP contribution in [0.25, 0.3) is 22.2 Å². The number of ether oxygens (including phenoxy) is 1. The van der Waals surface area contributed by atoms with Crippen molar-refractivity contribution in [2.45, 2.75) is 77.8 Å². The number of carbonyl (C=O) groups excluding carboxylic acids is 2. The van der Waals surface area contributed by atoms with Gasteiger partial charge in [0, 0.05) is 43.5 Å². The van der Waals surface area contributed by atoms with Gasteiger partial charge in [-0.2, -0.15) is 0 Å². The molecule has 1 unspecified atom stereocenters. The van der Waals surface area contributed by atoms with Crippen molar-refractivity contribution < 1.29 is 18.7 Å². The lowest BCUT2D eigenvalue weighted by Crippen LogP contribution is -2.56. The third-order valence-electron chi connectivity index (χ3n) is 8.35. The van der Waals surface area contributed by atoms with Crippen molar-refractivity contribution in [3.05, 3.63) is 89.7 Å². The maximum absolute atomic E-state index is 14.9. The van der Waals surface area contributed by atoms with Crippen LogP contribution in [0.5, 0.6) is 5.75 Å². The fourth-order valence-electron chi connectivity index (χ4n) is 6.19. The van der Waals surface area contributed by atoms with Gasteiger partial charge in [0.1, 0.15) is 17.1 Å². The summed E-state index contributed by atoms with van der Waals surface area (Å²) < 4.78 is 22.2. The Morgan fingerprint density at radius 3 is 2.27 bits per heavy atom. The van der Waals surface area contributed by atoms with Gasteiger partial charge < -0.3 is 19.5 Å². The summed E-state index contributed by atoms with van der Waals surface area (Å²) in [7, 11) is 3.44. The highest BCUT2D eigenvalue weighted by molar-refractivity contribution is 6.02. The number of carbonyl (C=O) groups is 2. The van der Waals surface area contributed by atoms with Gasteiger partial charge in [0.2, 0.25) is 5.91 Å². The number of nitrogens with zero attached hydrogens (tertiary/aromatic N) is 2. The van der Waals surface area contributed by atoms with Crippen LogP contribution in [0.3, 0.4) is 0 Å². The van der Waals surface area contributed by atoms with Crippen LogP contribution < -0.4 is 10.1 Å². The SMILES string of the molecule is CCCCCCC(NC(C)=O)(C(=O)N(C)CCCC)c1c(-c2ccc(F)cc2)n(Cc2ccccc2)c2ccc(OC)cc12. The number of amides is 2. The van der Waals surface area contributed by atoms with Gasteiger partial charge in [0.25, 0.3) is 5.91 Å². The smallest absolute Gasteiger partial charge is 0.252 e. The van der Waals surface area contributed by atoms with Crippen molar-refractivity contribution in [3.63, 3.8) is 0 Å². The predicted octanol–water partition coefficient (Wildman–Crippen LogP) is 8.06. The summed E-state index contributed by atoms with van der Waals surface area (Å²) >= 11 is 0. The van der Waals surface area contributed by atoms with Crippen LogP contribution in [0, 0.1) is 5.82 Å². The molecule has 234 valence electrons. The molecular formula is C37H46FN3O3. The van der Waals surface area contributed by atoms with Crippen molar-refractivity contribution in [1.29, 1.82) is 0 Å². The molecule has 44 heavy (non-hydrogen) atoms. The fraction of sp³-hybridized carbons (Fsp3) is 0.405. The summed E-state index contributed by atoms with van der Waals surface area (Å²) in [5.41, 5.74) is 2.87. The molecule has 1 aromatic heterocycles. The van der Waals surface area contributed by atoms with E-state index >= 15 is 0 Å². The van der Waals surface area contributed by atoms with E-state index in [0.717, 1.165) is 66.2 Å². The number of hydrogen-bond acceptors (Lipinski definition) is 3. The van der Waals surface area contributed by atoms with Gasteiger partial charge in [-0.3, -0.25) is 9.59 Å². The molecule has 0 saturated heterocycles. The highest BCUT2D eigenvalue weighted by Crippen LogP contribution is 2.45. The third kappa shape index (κ3) is 7.15. The summed E-state index contributed by atoms with van der Waals surface area (Å²) in [6.07, 6.45) is 5.98. The summed E-state index contributed by atoms with van der Waals surface area (Å²) in [6, 6.07) is 22.4. The van der Waals surface area contributed by atoms with Crippen molar-refractivity contribution >= 4 is 22.7 Å². The Kier molecular flexibility index (Phi) is 11.2. The molecule has 6 nitrogen and oxygen atoms in total. The maximum Gasteiger partial charge on any atom is 0.252 e. The van der Waals surface area contributed by atoms with Gasteiger partial charge in [-0.25, -0.2) is 4.39 Å². The number of benzene rings is 3. The van der Waals surface area contributed by atoms with Gasteiger partial charge in [0.15, 0.2) is 0 Å². The van der Waals surface area contributed by atoms with E-state index < -0.39 is 5.54 Å². The molecule has 7 heteroatoms. The molecule has 1 N–H and O–H groups in total. The lowest BCUT2D eigenvalue weighted by atomic mass is 9.80. The van der Waals surface area contributed by atoms with Crippen molar-refractivity contribution in [3.8, 4) is 17.0 Å². The minimum Gasteiger partial charge on any atom is -0.497 e. The Bertz CT molecular complexity index is 1550. The second kappa shape index (κ2) is 15.0. The van der Waals surface area contributed by atoms with E-state index in [0.29, 0.717) is 30.8 Å². The lowest BCUT2D eigenvalue weighted by Gasteiger charge is -2.38. The molecular weight excluding hydrogens is 553 g/mol. The summed E-state index contributed by atoms with van der Waals surface area (Å²) in [5.74, 6) is -0.126. The molecule has 1 heterocycles. The quantitative estimate of drug-likeness (QED) is 0.141. The molecule has 0 aliphatic carbocycles. The number of nitrogens with one attached hydrogen (secondary N) is 1. The van der Waals surface area contributed by atoms with E-state index in [2.05, 4.69) is 35.9 Å². The molecule has 0 radical (unpaired) electrons. The third-order valence-corrected chi connectivity index (χ3v) is 8.35. The maximum atomic E-state index is 14.9. The summed E-state index contributed by atoms with van der Waals surface area (Å²) in [5, 5.41) is 4.03. The highest BCUT2D eigenvalue weighted by atomic mass is 19.1. The second-order valence-electron chi connectivity index (χ2n) is 11.7. The first-order chi connectivity index (χ1) is 21.2. The van der Waals surface area contributed by atoms with Crippen molar-refractivity contribution in [2.24, 2.45) is 0 Å².